The highest BCUT2D eigenvalue weighted by molar-refractivity contribution is 4.84. The second-order valence-electron chi connectivity index (χ2n) is 5.14. The van der Waals surface area contributed by atoms with Gasteiger partial charge >= 0.3 is 0 Å². The minimum Gasteiger partial charge on any atom is -0.382 e. The number of likely N-dealkylation sites (N-methyl/N-ethyl adjacent to an activating group) is 1. The molecule has 0 bridgehead atoms. The number of piperidine rings is 1. The lowest BCUT2D eigenvalue weighted by atomic mass is 9.96. The van der Waals surface area contributed by atoms with Gasteiger partial charge in [0.2, 0.25) is 0 Å². The summed E-state index contributed by atoms with van der Waals surface area (Å²) >= 11 is 0. The lowest BCUT2D eigenvalue weighted by Crippen LogP contribution is -2.50. The van der Waals surface area contributed by atoms with E-state index in [0.29, 0.717) is 25.3 Å². The number of nitrogens with one attached hydrogen (secondary N) is 1. The van der Waals surface area contributed by atoms with Crippen molar-refractivity contribution in [3.05, 3.63) is 0 Å². The predicted octanol–water partition coefficient (Wildman–Crippen LogP) is 1.50. The molecule has 108 valence electrons. The number of hydrogen-bond donors (Lipinski definition) is 1. The molecule has 0 aromatic carbocycles. The molecule has 18 heavy (non-hydrogen) atoms. The summed E-state index contributed by atoms with van der Waals surface area (Å²) in [6.07, 6.45) is 5.16. The van der Waals surface area contributed by atoms with Gasteiger partial charge in [0.1, 0.15) is 0 Å². The zero-order valence-corrected chi connectivity index (χ0v) is 12.3. The van der Waals surface area contributed by atoms with Crippen LogP contribution in [0.3, 0.4) is 0 Å². The Labute approximate surface area is 112 Å². The maximum atomic E-state index is 5.52. The molecule has 0 saturated carbocycles. The second kappa shape index (κ2) is 9.73. The first kappa shape index (κ1) is 15.9. The molecule has 1 saturated heterocycles. The van der Waals surface area contributed by atoms with E-state index in [1.807, 2.05) is 0 Å². The molecule has 1 aliphatic rings. The third kappa shape index (κ3) is 5.65. The van der Waals surface area contributed by atoms with Crippen LogP contribution in [0.5, 0.6) is 0 Å². The van der Waals surface area contributed by atoms with Crippen LogP contribution in [0.4, 0.5) is 0 Å². The average molecular weight is 258 g/mol. The SMILES string of the molecule is CNC(C)C1CCCCN1CCCOCCOC. The number of nitrogens with zero attached hydrogens (tertiary/aromatic N) is 1. The van der Waals surface area contributed by atoms with E-state index >= 15 is 0 Å². The van der Waals surface area contributed by atoms with Gasteiger partial charge in [0.25, 0.3) is 0 Å². The van der Waals surface area contributed by atoms with Gasteiger partial charge in [0.15, 0.2) is 0 Å². The molecule has 1 rings (SSSR count). The molecule has 2 unspecified atom stereocenters. The minimum atomic E-state index is 0.583. The molecule has 0 radical (unpaired) electrons. The van der Waals surface area contributed by atoms with Crippen molar-refractivity contribution in [2.45, 2.75) is 44.7 Å². The number of ether oxygens (including phenoxy) is 2. The second-order valence-corrected chi connectivity index (χ2v) is 5.14. The van der Waals surface area contributed by atoms with Crippen molar-refractivity contribution in [2.75, 3.05) is 47.1 Å². The average Bonchev–Trinajstić information content (AvgIpc) is 2.42. The molecule has 1 N–H and O–H groups in total. The number of rotatable bonds is 9. The maximum absolute atomic E-state index is 5.52. The van der Waals surface area contributed by atoms with Crippen LogP contribution in [0.15, 0.2) is 0 Å². The van der Waals surface area contributed by atoms with E-state index in [1.165, 1.54) is 25.8 Å². The molecule has 0 aromatic rings. The predicted molar refractivity (Wildman–Crippen MR) is 75.0 cm³/mol. The van der Waals surface area contributed by atoms with Crippen molar-refractivity contribution in [1.29, 1.82) is 0 Å². The van der Waals surface area contributed by atoms with Crippen LogP contribution >= 0.6 is 0 Å². The summed E-state index contributed by atoms with van der Waals surface area (Å²) in [5.41, 5.74) is 0. The first-order valence-corrected chi connectivity index (χ1v) is 7.27. The molecule has 1 aliphatic heterocycles. The number of methoxy groups -OCH3 is 1. The van der Waals surface area contributed by atoms with Crippen molar-refractivity contribution >= 4 is 0 Å². The van der Waals surface area contributed by atoms with Gasteiger partial charge in [-0.3, -0.25) is 4.90 Å². The summed E-state index contributed by atoms with van der Waals surface area (Å²) in [5, 5.41) is 3.39. The molecule has 2 atom stereocenters. The van der Waals surface area contributed by atoms with Gasteiger partial charge in [-0.25, -0.2) is 0 Å². The fourth-order valence-corrected chi connectivity index (χ4v) is 2.67. The van der Waals surface area contributed by atoms with Crippen molar-refractivity contribution < 1.29 is 9.47 Å². The van der Waals surface area contributed by atoms with E-state index in [2.05, 4.69) is 24.2 Å². The topological polar surface area (TPSA) is 33.7 Å². The smallest absolute Gasteiger partial charge is 0.0700 e. The van der Waals surface area contributed by atoms with E-state index in [1.54, 1.807) is 7.11 Å². The lowest BCUT2D eigenvalue weighted by molar-refractivity contribution is 0.0566. The fourth-order valence-electron chi connectivity index (χ4n) is 2.67. The van der Waals surface area contributed by atoms with Crippen LogP contribution in [0, 0.1) is 0 Å². The highest BCUT2D eigenvalue weighted by Gasteiger charge is 2.25. The summed E-state index contributed by atoms with van der Waals surface area (Å²) in [5.74, 6) is 0. The molecule has 4 heteroatoms. The van der Waals surface area contributed by atoms with E-state index in [-0.39, 0.29) is 0 Å². The van der Waals surface area contributed by atoms with Gasteiger partial charge in [0.05, 0.1) is 13.2 Å². The van der Waals surface area contributed by atoms with E-state index in [4.69, 9.17) is 9.47 Å². The summed E-state index contributed by atoms with van der Waals surface area (Å²) < 4.78 is 10.5. The summed E-state index contributed by atoms with van der Waals surface area (Å²) in [6, 6.07) is 1.28. The standard InChI is InChI=1S/C14H30N2O2/c1-13(15-2)14-7-4-5-8-16(14)9-6-10-18-12-11-17-3/h13-15H,4-12H2,1-3H3. The van der Waals surface area contributed by atoms with Crippen LogP contribution in [-0.2, 0) is 9.47 Å². The monoisotopic (exact) mass is 258 g/mol. The molecular formula is C14H30N2O2. The van der Waals surface area contributed by atoms with Crippen LogP contribution < -0.4 is 5.32 Å². The van der Waals surface area contributed by atoms with E-state index < -0.39 is 0 Å². The van der Waals surface area contributed by atoms with Crippen LogP contribution in [0.1, 0.15) is 32.6 Å². The van der Waals surface area contributed by atoms with Gasteiger partial charge in [-0.15, -0.1) is 0 Å². The normalized spacial score (nSPS) is 23.2. The van der Waals surface area contributed by atoms with Gasteiger partial charge < -0.3 is 14.8 Å². The molecule has 1 heterocycles. The number of hydrogen-bond acceptors (Lipinski definition) is 4. The summed E-state index contributed by atoms with van der Waals surface area (Å²) in [6.45, 7) is 6.95. The Morgan fingerprint density at radius 1 is 1.28 bits per heavy atom. The highest BCUT2D eigenvalue weighted by Crippen LogP contribution is 2.19. The Kier molecular flexibility index (Phi) is 8.59. The third-order valence-corrected chi connectivity index (χ3v) is 3.86. The van der Waals surface area contributed by atoms with Crippen molar-refractivity contribution in [1.82, 2.24) is 10.2 Å². The highest BCUT2D eigenvalue weighted by atomic mass is 16.5. The van der Waals surface area contributed by atoms with Crippen LogP contribution in [0.2, 0.25) is 0 Å². The lowest BCUT2D eigenvalue weighted by Gasteiger charge is -2.39. The first-order valence-electron chi connectivity index (χ1n) is 7.27. The molecule has 0 amide bonds. The molecule has 4 nitrogen and oxygen atoms in total. The van der Waals surface area contributed by atoms with Gasteiger partial charge in [0, 0.05) is 32.3 Å². The first-order chi connectivity index (χ1) is 8.79. The summed E-state index contributed by atoms with van der Waals surface area (Å²) in [4.78, 5) is 2.63. The van der Waals surface area contributed by atoms with Crippen molar-refractivity contribution in [3.8, 4) is 0 Å². The maximum Gasteiger partial charge on any atom is 0.0700 e. The molecule has 0 spiro atoms. The molecular weight excluding hydrogens is 228 g/mol. The Hall–Kier alpha value is -0.160. The van der Waals surface area contributed by atoms with Crippen molar-refractivity contribution in [3.63, 3.8) is 0 Å². The Balaban J connectivity index is 2.17. The van der Waals surface area contributed by atoms with Gasteiger partial charge in [-0.05, 0) is 39.8 Å². The van der Waals surface area contributed by atoms with Gasteiger partial charge in [-0.2, -0.15) is 0 Å². The van der Waals surface area contributed by atoms with Gasteiger partial charge in [-0.1, -0.05) is 6.42 Å². The Morgan fingerprint density at radius 2 is 2.11 bits per heavy atom. The van der Waals surface area contributed by atoms with Crippen LogP contribution in [0.25, 0.3) is 0 Å². The zero-order valence-electron chi connectivity index (χ0n) is 12.3. The Morgan fingerprint density at radius 3 is 2.83 bits per heavy atom. The van der Waals surface area contributed by atoms with Crippen LogP contribution in [-0.4, -0.2) is 64.1 Å². The molecule has 0 aliphatic carbocycles. The summed E-state index contributed by atoms with van der Waals surface area (Å²) in [7, 11) is 3.77. The number of likely N-dealkylation sites (tertiary alicyclic amines) is 1. The molecule has 1 fully saturated rings. The largest absolute Gasteiger partial charge is 0.382 e. The van der Waals surface area contributed by atoms with Crippen molar-refractivity contribution in [2.24, 2.45) is 0 Å². The minimum absolute atomic E-state index is 0.583. The third-order valence-electron chi connectivity index (χ3n) is 3.86. The van der Waals surface area contributed by atoms with E-state index in [9.17, 15) is 0 Å². The zero-order chi connectivity index (χ0) is 13.2. The molecule has 0 aromatic heterocycles. The fraction of sp³-hybridized carbons (Fsp3) is 1.00. The quantitative estimate of drug-likeness (QED) is 0.636. The Bertz CT molecular complexity index is 202. The van der Waals surface area contributed by atoms with E-state index in [0.717, 1.165) is 19.6 Å².